The van der Waals surface area contributed by atoms with E-state index in [1.807, 2.05) is 0 Å². The van der Waals surface area contributed by atoms with Crippen LogP contribution in [0.3, 0.4) is 0 Å². The molecule has 0 aromatic rings. The largest absolute Gasteiger partial charge is 0.395 e. The number of carbonyl (C=O) groups excluding carboxylic acids is 1. The predicted molar refractivity (Wildman–Crippen MR) is 32.4 cm³/mol. The lowest BCUT2D eigenvalue weighted by molar-refractivity contribution is -0.116. The van der Waals surface area contributed by atoms with Gasteiger partial charge in [0.1, 0.15) is 0 Å². The smallest absolute Gasteiger partial charge is 0.243 e. The van der Waals surface area contributed by atoms with Crippen molar-refractivity contribution < 1.29 is 11.3 Å². The Bertz CT molecular complexity index is 95.0. The van der Waals surface area contributed by atoms with E-state index < -0.39 is 0 Å². The number of nitrogens with one attached hydrogen (secondary N) is 1. The molecule has 0 heterocycles. The van der Waals surface area contributed by atoms with E-state index in [1.54, 1.807) is 0 Å². The number of rotatable bonds is 3. The van der Waals surface area contributed by atoms with Crippen molar-refractivity contribution in [1.82, 2.24) is 5.32 Å². The van der Waals surface area contributed by atoms with Crippen LogP contribution in [0.5, 0.6) is 0 Å². The van der Waals surface area contributed by atoms with Crippen molar-refractivity contribution in [2.75, 3.05) is 13.2 Å². The summed E-state index contributed by atoms with van der Waals surface area (Å²) >= 11 is 0. The van der Waals surface area contributed by atoms with Gasteiger partial charge in [-0.2, -0.15) is 0 Å². The van der Waals surface area contributed by atoms with Crippen LogP contribution in [0.1, 0.15) is 1.43 Å². The molecule has 48 valence electrons. The van der Waals surface area contributed by atoms with Crippen LogP contribution in [0, 0.1) is 0 Å². The third-order valence-corrected chi connectivity index (χ3v) is 0.596. The molecule has 2 N–H and O–H groups in total. The number of amides is 1. The van der Waals surface area contributed by atoms with Crippen LogP contribution < -0.4 is 5.32 Å². The number of hydrogen-bond acceptors (Lipinski definition) is 2. The minimum atomic E-state index is -0.251. The lowest BCUT2D eigenvalue weighted by Crippen LogP contribution is -2.23. The quantitative estimate of drug-likeness (QED) is 0.491. The fourth-order valence-corrected chi connectivity index (χ4v) is 0.251. The third kappa shape index (κ3) is 3.36. The molecule has 0 aromatic carbocycles. The molecule has 0 bridgehead atoms. The first-order chi connectivity index (χ1) is 3.81. The lowest BCUT2D eigenvalue weighted by Gasteiger charge is -1.94. The van der Waals surface area contributed by atoms with Gasteiger partial charge in [0, 0.05) is 7.97 Å². The third-order valence-electron chi connectivity index (χ3n) is 0.596. The maximum absolute atomic E-state index is 10.2. The van der Waals surface area contributed by atoms with Gasteiger partial charge in [-0.15, -0.1) is 0 Å². The highest BCUT2D eigenvalue weighted by atomic mass is 16.3. The van der Waals surface area contributed by atoms with Crippen molar-refractivity contribution in [3.05, 3.63) is 12.7 Å². The first kappa shape index (κ1) is 7.17. The van der Waals surface area contributed by atoms with Crippen LogP contribution in [0.2, 0.25) is 0 Å². The second-order valence-corrected chi connectivity index (χ2v) is 1.22. The second kappa shape index (κ2) is 4.33. The summed E-state index contributed by atoms with van der Waals surface area (Å²) in [4.78, 5) is 10.2. The van der Waals surface area contributed by atoms with E-state index in [0.717, 1.165) is 6.08 Å². The Morgan fingerprint density at radius 1 is 2.00 bits per heavy atom. The molecule has 0 unspecified atom stereocenters. The first-order valence-corrected chi connectivity index (χ1v) is 2.32. The zero-order valence-corrected chi connectivity index (χ0v) is 4.55. The van der Waals surface area contributed by atoms with Gasteiger partial charge in [0.15, 0.2) is 0 Å². The van der Waals surface area contributed by atoms with E-state index in [1.165, 1.54) is 0 Å². The Morgan fingerprint density at radius 3 is 3.00 bits per heavy atom. The molecule has 0 radical (unpaired) electrons. The van der Waals surface area contributed by atoms with Gasteiger partial charge in [-0.1, -0.05) is 6.58 Å². The van der Waals surface area contributed by atoms with Crippen molar-refractivity contribution in [2.24, 2.45) is 0 Å². The number of hydrogen-bond donors (Lipinski definition) is 2. The van der Waals surface area contributed by atoms with E-state index in [4.69, 9.17) is 5.11 Å². The summed E-state index contributed by atoms with van der Waals surface area (Å²) in [5, 5.41) is 10.5. The monoisotopic (exact) mass is 117 g/mol. The van der Waals surface area contributed by atoms with Gasteiger partial charge in [-0.3, -0.25) is 4.79 Å². The zero-order valence-electron chi connectivity index (χ0n) is 4.55. The highest BCUT2D eigenvalue weighted by Gasteiger charge is 1.87. The van der Waals surface area contributed by atoms with E-state index in [9.17, 15) is 4.79 Å². The highest BCUT2D eigenvalue weighted by molar-refractivity contribution is 5.86. The summed E-state index contributed by atoms with van der Waals surface area (Å²) in [5.74, 6) is -0.251. The molecule has 0 aromatic heterocycles. The molecule has 0 spiro atoms. The number of aliphatic hydroxyl groups is 1. The topological polar surface area (TPSA) is 49.3 Å². The molecule has 3 heteroatoms. The normalized spacial score (nSPS) is 8.12. The molecule has 0 saturated heterocycles. The number of carbonyl (C=O) groups is 1. The van der Waals surface area contributed by atoms with Crippen LogP contribution in [0.4, 0.5) is 0 Å². The summed E-state index contributed by atoms with van der Waals surface area (Å²) in [6, 6.07) is 0. The molecule has 1 amide bonds. The Hall–Kier alpha value is -0.830. The molecule has 0 aliphatic carbocycles. The van der Waals surface area contributed by atoms with Gasteiger partial charge in [0.05, 0.1) is 6.61 Å². The average molecular weight is 117 g/mol. The summed E-state index contributed by atoms with van der Waals surface area (Å²) in [6.07, 6.45) is 1.16. The lowest BCUT2D eigenvalue weighted by atomic mass is 10.5. The van der Waals surface area contributed by atoms with Gasteiger partial charge < -0.3 is 10.4 Å². The van der Waals surface area contributed by atoms with Crippen LogP contribution >= 0.6 is 0 Å². The molecule has 3 nitrogen and oxygen atoms in total. The molecule has 0 rings (SSSR count). The average Bonchev–Trinajstić information content (AvgIpc) is 1.83. The summed E-state index contributed by atoms with van der Waals surface area (Å²) in [6.45, 7) is 3.49. The molecule has 0 aliphatic rings. The van der Waals surface area contributed by atoms with E-state index >= 15 is 0 Å². The van der Waals surface area contributed by atoms with Crippen molar-refractivity contribution in [3.8, 4) is 0 Å². The van der Waals surface area contributed by atoms with Crippen LogP contribution in [-0.2, 0) is 4.79 Å². The van der Waals surface area contributed by atoms with E-state index in [-0.39, 0.29) is 13.9 Å². The van der Waals surface area contributed by atoms with Gasteiger partial charge in [-0.05, 0) is 6.08 Å². The minimum absolute atomic E-state index is 0. The van der Waals surface area contributed by atoms with E-state index in [0.29, 0.717) is 6.54 Å². The standard InChI is InChI=1S/C5H9NO2.H2/c1-2-5(8)6-3-4-7;/h2,7H,1,3-4H2,(H,6,8);1H. The van der Waals surface area contributed by atoms with Crippen LogP contribution in [0.15, 0.2) is 12.7 Å². The van der Waals surface area contributed by atoms with Gasteiger partial charge in [0.2, 0.25) is 5.91 Å². The second-order valence-electron chi connectivity index (χ2n) is 1.22. The van der Waals surface area contributed by atoms with Crippen LogP contribution in [-0.4, -0.2) is 24.2 Å². The fourth-order valence-electron chi connectivity index (χ4n) is 0.251. The molecule has 0 aliphatic heterocycles. The SMILES string of the molecule is C=CC(=O)NCCO.[HH]. The maximum Gasteiger partial charge on any atom is 0.243 e. The summed E-state index contributed by atoms with van der Waals surface area (Å²) < 4.78 is 0. The van der Waals surface area contributed by atoms with Gasteiger partial charge >= 0.3 is 0 Å². The molecule has 0 fully saturated rings. The first-order valence-electron chi connectivity index (χ1n) is 2.32. The maximum atomic E-state index is 10.2. The predicted octanol–water partition coefficient (Wildman–Crippen LogP) is -0.473. The minimum Gasteiger partial charge on any atom is -0.395 e. The highest BCUT2D eigenvalue weighted by Crippen LogP contribution is 1.62. The summed E-state index contributed by atoms with van der Waals surface area (Å²) in [5.41, 5.74) is 0. The Balaban J connectivity index is 0. The fraction of sp³-hybridized carbons (Fsp3) is 0.400. The van der Waals surface area contributed by atoms with Gasteiger partial charge in [-0.25, -0.2) is 0 Å². The molecule has 0 atom stereocenters. The molecule has 8 heavy (non-hydrogen) atoms. The zero-order chi connectivity index (χ0) is 6.41. The van der Waals surface area contributed by atoms with Gasteiger partial charge in [0.25, 0.3) is 0 Å². The van der Waals surface area contributed by atoms with Crippen molar-refractivity contribution >= 4 is 5.91 Å². The molecule has 0 saturated carbocycles. The van der Waals surface area contributed by atoms with Crippen molar-refractivity contribution in [2.45, 2.75) is 0 Å². The molecular weight excluding hydrogens is 106 g/mol. The Labute approximate surface area is 49.5 Å². The number of aliphatic hydroxyl groups excluding tert-OH is 1. The van der Waals surface area contributed by atoms with Crippen molar-refractivity contribution in [1.29, 1.82) is 0 Å². The Morgan fingerprint density at radius 2 is 2.62 bits per heavy atom. The van der Waals surface area contributed by atoms with Crippen molar-refractivity contribution in [3.63, 3.8) is 0 Å². The van der Waals surface area contributed by atoms with E-state index in [2.05, 4.69) is 11.9 Å². The summed E-state index contributed by atoms with van der Waals surface area (Å²) in [7, 11) is 0. The molecular formula is C5H11NO2. The Kier molecular flexibility index (Phi) is 3.88. The van der Waals surface area contributed by atoms with Crippen LogP contribution in [0.25, 0.3) is 0 Å².